The van der Waals surface area contributed by atoms with Crippen molar-refractivity contribution >= 4 is 28.3 Å². The number of likely N-dealkylation sites (tertiary alicyclic amines) is 1. The third-order valence-corrected chi connectivity index (χ3v) is 5.60. The van der Waals surface area contributed by atoms with E-state index in [0.717, 1.165) is 60.7 Å². The van der Waals surface area contributed by atoms with Crippen LogP contribution in [-0.4, -0.2) is 40.8 Å². The summed E-state index contributed by atoms with van der Waals surface area (Å²) in [5.74, 6) is 2.55. The van der Waals surface area contributed by atoms with Crippen molar-refractivity contribution in [1.29, 1.82) is 0 Å². The Kier molecular flexibility index (Phi) is 4.66. The maximum absolute atomic E-state index is 6.16. The lowest BCUT2D eigenvalue weighted by atomic mass is 10.0. The summed E-state index contributed by atoms with van der Waals surface area (Å²) in [5.41, 5.74) is 2.16. The number of piperidine rings is 1. The van der Waals surface area contributed by atoms with E-state index in [1.54, 1.807) is 6.33 Å². The molecule has 2 aliphatic heterocycles. The van der Waals surface area contributed by atoms with Crippen LogP contribution >= 0.6 is 11.6 Å². The van der Waals surface area contributed by atoms with Crippen LogP contribution < -0.4 is 14.8 Å². The molecule has 2 aliphatic rings. The normalized spacial score (nSPS) is 17.2. The molecule has 7 heteroatoms. The molecule has 0 bridgehead atoms. The molecule has 28 heavy (non-hydrogen) atoms. The van der Waals surface area contributed by atoms with E-state index in [1.165, 1.54) is 5.56 Å². The van der Waals surface area contributed by atoms with Gasteiger partial charge in [-0.25, -0.2) is 9.97 Å². The standard InChI is InChI=1S/C21H21ClN4O2/c22-15-2-3-18-17(10-15)21(24-12-23-18)25-16-5-7-26(8-6-16)11-14-1-4-19-20(9-14)28-13-27-19/h1-4,9-10,12,16H,5-8,11,13H2,(H,23,24,25). The molecular weight excluding hydrogens is 376 g/mol. The van der Waals surface area contributed by atoms with Crippen molar-refractivity contribution in [3.63, 3.8) is 0 Å². The number of hydrogen-bond donors (Lipinski definition) is 1. The van der Waals surface area contributed by atoms with Crippen LogP contribution in [0, 0.1) is 0 Å². The fourth-order valence-electron chi connectivity index (χ4n) is 3.87. The number of hydrogen-bond acceptors (Lipinski definition) is 6. The number of halogens is 1. The molecule has 0 atom stereocenters. The Balaban J connectivity index is 1.21. The van der Waals surface area contributed by atoms with Gasteiger partial charge in [-0.1, -0.05) is 17.7 Å². The van der Waals surface area contributed by atoms with Crippen LogP contribution in [0.25, 0.3) is 10.9 Å². The molecule has 0 radical (unpaired) electrons. The van der Waals surface area contributed by atoms with Gasteiger partial charge in [0.15, 0.2) is 11.5 Å². The summed E-state index contributed by atoms with van der Waals surface area (Å²) < 4.78 is 10.9. The Hall–Kier alpha value is -2.57. The maximum Gasteiger partial charge on any atom is 0.231 e. The second-order valence-corrected chi connectivity index (χ2v) is 7.70. The fraction of sp³-hybridized carbons (Fsp3) is 0.333. The van der Waals surface area contributed by atoms with E-state index >= 15 is 0 Å². The summed E-state index contributed by atoms with van der Waals surface area (Å²) in [6, 6.07) is 12.3. The van der Waals surface area contributed by atoms with Gasteiger partial charge in [-0.3, -0.25) is 4.90 Å². The minimum absolute atomic E-state index is 0.318. The number of rotatable bonds is 4. The molecule has 3 heterocycles. The minimum Gasteiger partial charge on any atom is -0.454 e. The Labute approximate surface area is 168 Å². The van der Waals surface area contributed by atoms with Gasteiger partial charge in [-0.05, 0) is 48.7 Å². The number of fused-ring (bicyclic) bond motifs is 2. The van der Waals surface area contributed by atoms with Gasteiger partial charge < -0.3 is 14.8 Å². The van der Waals surface area contributed by atoms with E-state index < -0.39 is 0 Å². The van der Waals surface area contributed by atoms with E-state index in [4.69, 9.17) is 21.1 Å². The summed E-state index contributed by atoms with van der Waals surface area (Å²) in [6.07, 6.45) is 3.74. The van der Waals surface area contributed by atoms with Gasteiger partial charge in [-0.2, -0.15) is 0 Å². The highest BCUT2D eigenvalue weighted by Crippen LogP contribution is 2.33. The molecule has 0 saturated carbocycles. The molecule has 3 aromatic rings. The van der Waals surface area contributed by atoms with Crippen molar-refractivity contribution in [3.8, 4) is 11.5 Å². The molecule has 6 nitrogen and oxygen atoms in total. The zero-order valence-electron chi connectivity index (χ0n) is 15.4. The molecule has 144 valence electrons. The number of nitrogens with zero attached hydrogens (tertiary/aromatic N) is 3. The van der Waals surface area contributed by atoms with E-state index in [9.17, 15) is 0 Å². The van der Waals surface area contributed by atoms with Crippen LogP contribution in [0.15, 0.2) is 42.7 Å². The highest BCUT2D eigenvalue weighted by atomic mass is 35.5. The number of aromatic nitrogens is 2. The van der Waals surface area contributed by atoms with Gasteiger partial charge >= 0.3 is 0 Å². The molecular formula is C21H21ClN4O2. The van der Waals surface area contributed by atoms with Crippen molar-refractivity contribution in [3.05, 3.63) is 53.3 Å². The Morgan fingerprint density at radius 2 is 1.89 bits per heavy atom. The smallest absolute Gasteiger partial charge is 0.231 e. The second-order valence-electron chi connectivity index (χ2n) is 7.27. The SMILES string of the molecule is Clc1ccc2ncnc(NC3CCN(Cc4ccc5c(c4)OCO5)CC3)c2c1. The molecule has 0 unspecified atom stereocenters. The zero-order chi connectivity index (χ0) is 18.9. The molecule has 1 fully saturated rings. The summed E-state index contributed by atoms with van der Waals surface area (Å²) in [4.78, 5) is 11.2. The van der Waals surface area contributed by atoms with E-state index in [2.05, 4.69) is 32.3 Å². The first kappa shape index (κ1) is 17.5. The van der Waals surface area contributed by atoms with E-state index in [-0.39, 0.29) is 0 Å². The van der Waals surface area contributed by atoms with Gasteiger partial charge in [0.25, 0.3) is 0 Å². The monoisotopic (exact) mass is 396 g/mol. The predicted octanol–water partition coefficient (Wildman–Crippen LogP) is 4.09. The van der Waals surface area contributed by atoms with E-state index in [0.29, 0.717) is 17.9 Å². The van der Waals surface area contributed by atoms with Crippen LogP contribution in [0.5, 0.6) is 11.5 Å². The molecule has 1 saturated heterocycles. The maximum atomic E-state index is 6.16. The van der Waals surface area contributed by atoms with Crippen LogP contribution in [0.2, 0.25) is 5.02 Å². The Morgan fingerprint density at radius 1 is 1.04 bits per heavy atom. The summed E-state index contributed by atoms with van der Waals surface area (Å²) in [6.45, 7) is 3.32. The number of ether oxygens (including phenoxy) is 2. The quantitative estimate of drug-likeness (QED) is 0.716. The minimum atomic E-state index is 0.318. The fourth-order valence-corrected chi connectivity index (χ4v) is 4.04. The third-order valence-electron chi connectivity index (χ3n) is 5.37. The second kappa shape index (κ2) is 7.45. The molecule has 0 aliphatic carbocycles. The van der Waals surface area contributed by atoms with Crippen LogP contribution in [0.4, 0.5) is 5.82 Å². The molecule has 0 spiro atoms. The van der Waals surface area contributed by atoms with Crippen molar-refractivity contribution in [2.45, 2.75) is 25.4 Å². The molecule has 1 aromatic heterocycles. The summed E-state index contributed by atoms with van der Waals surface area (Å²) >= 11 is 6.16. The van der Waals surface area contributed by atoms with Gasteiger partial charge in [0.1, 0.15) is 12.1 Å². The lowest BCUT2D eigenvalue weighted by Gasteiger charge is -2.32. The van der Waals surface area contributed by atoms with Crippen LogP contribution in [0.3, 0.4) is 0 Å². The van der Waals surface area contributed by atoms with Crippen LogP contribution in [-0.2, 0) is 6.54 Å². The first-order valence-electron chi connectivity index (χ1n) is 9.52. The summed E-state index contributed by atoms with van der Waals surface area (Å²) in [7, 11) is 0. The predicted molar refractivity (Wildman–Crippen MR) is 109 cm³/mol. The van der Waals surface area contributed by atoms with Crippen molar-refractivity contribution < 1.29 is 9.47 Å². The number of anilines is 1. The van der Waals surface area contributed by atoms with E-state index in [1.807, 2.05) is 24.3 Å². The molecule has 1 N–H and O–H groups in total. The highest BCUT2D eigenvalue weighted by molar-refractivity contribution is 6.31. The number of nitrogens with one attached hydrogen (secondary N) is 1. The molecule has 2 aromatic carbocycles. The lowest BCUT2D eigenvalue weighted by molar-refractivity contribution is 0.173. The van der Waals surface area contributed by atoms with Gasteiger partial charge in [-0.15, -0.1) is 0 Å². The van der Waals surface area contributed by atoms with Crippen LogP contribution in [0.1, 0.15) is 18.4 Å². The number of benzene rings is 2. The van der Waals surface area contributed by atoms with Crippen molar-refractivity contribution in [1.82, 2.24) is 14.9 Å². The van der Waals surface area contributed by atoms with Crippen molar-refractivity contribution in [2.75, 3.05) is 25.2 Å². The van der Waals surface area contributed by atoms with Gasteiger partial charge in [0.2, 0.25) is 6.79 Å². The summed E-state index contributed by atoms with van der Waals surface area (Å²) in [5, 5.41) is 5.26. The average Bonchev–Trinajstić information content (AvgIpc) is 3.18. The Bertz CT molecular complexity index is 1000. The van der Waals surface area contributed by atoms with Crippen molar-refractivity contribution in [2.24, 2.45) is 0 Å². The zero-order valence-corrected chi connectivity index (χ0v) is 16.2. The Morgan fingerprint density at radius 3 is 2.79 bits per heavy atom. The lowest BCUT2D eigenvalue weighted by Crippen LogP contribution is -2.38. The first-order chi connectivity index (χ1) is 13.7. The molecule has 0 amide bonds. The third kappa shape index (κ3) is 3.57. The highest BCUT2D eigenvalue weighted by Gasteiger charge is 2.21. The first-order valence-corrected chi connectivity index (χ1v) is 9.90. The van der Waals surface area contributed by atoms with Gasteiger partial charge in [0, 0.05) is 36.1 Å². The topological polar surface area (TPSA) is 59.5 Å². The van der Waals surface area contributed by atoms with Gasteiger partial charge in [0.05, 0.1) is 5.52 Å². The molecule has 5 rings (SSSR count). The largest absolute Gasteiger partial charge is 0.454 e. The average molecular weight is 397 g/mol.